The van der Waals surface area contributed by atoms with Gasteiger partial charge in [0.15, 0.2) is 0 Å². The first-order chi connectivity index (χ1) is 9.04. The second-order valence-corrected chi connectivity index (χ2v) is 6.75. The molecule has 0 spiro atoms. The summed E-state index contributed by atoms with van der Waals surface area (Å²) in [6.45, 7) is 6.10. The zero-order valence-electron chi connectivity index (χ0n) is 12.2. The Kier molecular flexibility index (Phi) is 3.30. The molecule has 1 fully saturated rings. The van der Waals surface area contributed by atoms with Crippen LogP contribution in [0.4, 0.5) is 5.69 Å². The number of hydrogen-bond donors (Lipinski definition) is 1. The Morgan fingerprint density at radius 3 is 2.68 bits per heavy atom. The maximum absolute atomic E-state index is 10.2. The molecule has 0 atom stereocenters. The quantitative estimate of drug-likeness (QED) is 0.898. The van der Waals surface area contributed by atoms with E-state index >= 15 is 0 Å². The molecular weight excluding hydrogens is 234 g/mol. The molecule has 104 valence electrons. The third-order valence-corrected chi connectivity index (χ3v) is 4.74. The van der Waals surface area contributed by atoms with Crippen molar-refractivity contribution in [2.24, 2.45) is 5.92 Å². The average molecular weight is 259 g/mol. The van der Waals surface area contributed by atoms with Gasteiger partial charge >= 0.3 is 0 Å². The molecule has 2 heteroatoms. The second-order valence-electron chi connectivity index (χ2n) is 6.75. The predicted molar refractivity (Wildman–Crippen MR) is 79.6 cm³/mol. The van der Waals surface area contributed by atoms with Crippen molar-refractivity contribution in [3.8, 4) is 0 Å². The van der Waals surface area contributed by atoms with Gasteiger partial charge in [-0.15, -0.1) is 0 Å². The summed E-state index contributed by atoms with van der Waals surface area (Å²) in [6, 6.07) is 6.49. The van der Waals surface area contributed by atoms with Gasteiger partial charge in [0.1, 0.15) is 0 Å². The summed E-state index contributed by atoms with van der Waals surface area (Å²) in [5, 5.41) is 10.2. The minimum absolute atomic E-state index is 0.739. The number of nitrogens with zero attached hydrogens (tertiary/aromatic N) is 1. The molecule has 1 N–H and O–H groups in total. The molecule has 0 aromatic heterocycles. The van der Waals surface area contributed by atoms with Gasteiger partial charge in [-0.05, 0) is 56.2 Å². The number of rotatable bonds is 3. The SMILES string of the molecule is CC(C)(O)c1ccc2c(c1)N(CC1CCCC1)CC2. The lowest BCUT2D eigenvalue weighted by Gasteiger charge is -2.25. The average Bonchev–Trinajstić information content (AvgIpc) is 2.98. The molecule has 2 nitrogen and oxygen atoms in total. The van der Waals surface area contributed by atoms with Crippen molar-refractivity contribution in [2.75, 3.05) is 18.0 Å². The minimum Gasteiger partial charge on any atom is -0.386 e. The summed E-state index contributed by atoms with van der Waals surface area (Å²) >= 11 is 0. The van der Waals surface area contributed by atoms with E-state index in [4.69, 9.17) is 0 Å². The van der Waals surface area contributed by atoms with Crippen LogP contribution in [0.2, 0.25) is 0 Å². The van der Waals surface area contributed by atoms with Crippen LogP contribution in [0.15, 0.2) is 18.2 Å². The molecule has 19 heavy (non-hydrogen) atoms. The molecule has 1 aromatic rings. The van der Waals surface area contributed by atoms with E-state index in [9.17, 15) is 5.11 Å². The van der Waals surface area contributed by atoms with E-state index in [2.05, 4.69) is 23.1 Å². The Morgan fingerprint density at radius 2 is 2.00 bits per heavy atom. The van der Waals surface area contributed by atoms with E-state index in [1.807, 2.05) is 13.8 Å². The maximum atomic E-state index is 10.2. The molecule has 0 bridgehead atoms. The Hall–Kier alpha value is -1.02. The van der Waals surface area contributed by atoms with Gasteiger partial charge in [0.05, 0.1) is 5.60 Å². The second kappa shape index (κ2) is 4.82. The summed E-state index contributed by atoms with van der Waals surface area (Å²) in [5.74, 6) is 0.886. The van der Waals surface area contributed by atoms with Gasteiger partial charge in [0.25, 0.3) is 0 Å². The van der Waals surface area contributed by atoms with Gasteiger partial charge in [-0.3, -0.25) is 0 Å². The molecule has 1 aromatic carbocycles. The number of benzene rings is 1. The zero-order valence-corrected chi connectivity index (χ0v) is 12.2. The van der Waals surface area contributed by atoms with Crippen molar-refractivity contribution in [3.05, 3.63) is 29.3 Å². The Bertz CT molecular complexity index is 455. The topological polar surface area (TPSA) is 23.5 Å². The molecule has 1 aliphatic heterocycles. The third-order valence-electron chi connectivity index (χ3n) is 4.74. The van der Waals surface area contributed by atoms with Gasteiger partial charge in [-0.2, -0.15) is 0 Å². The molecule has 1 aliphatic carbocycles. The van der Waals surface area contributed by atoms with Crippen LogP contribution in [0.3, 0.4) is 0 Å². The molecule has 0 radical (unpaired) electrons. The van der Waals surface area contributed by atoms with E-state index in [1.54, 1.807) is 0 Å². The molecule has 2 aliphatic rings. The molecule has 0 saturated heterocycles. The van der Waals surface area contributed by atoms with Crippen LogP contribution in [0.1, 0.15) is 50.7 Å². The summed E-state index contributed by atoms with van der Waals surface area (Å²) in [7, 11) is 0. The van der Waals surface area contributed by atoms with Crippen LogP contribution < -0.4 is 4.90 Å². The first-order valence-corrected chi connectivity index (χ1v) is 7.65. The lowest BCUT2D eigenvalue weighted by atomic mass is 9.96. The normalized spacial score (nSPS) is 20.1. The van der Waals surface area contributed by atoms with Crippen LogP contribution in [0, 0.1) is 5.92 Å². The highest BCUT2D eigenvalue weighted by Gasteiger charge is 2.26. The summed E-state index contributed by atoms with van der Waals surface area (Å²) < 4.78 is 0. The number of anilines is 1. The molecular formula is C17H25NO. The highest BCUT2D eigenvalue weighted by atomic mass is 16.3. The van der Waals surface area contributed by atoms with Gasteiger partial charge in [0, 0.05) is 18.8 Å². The van der Waals surface area contributed by atoms with Crippen molar-refractivity contribution in [1.29, 1.82) is 0 Å². The highest BCUT2D eigenvalue weighted by Crippen LogP contribution is 2.35. The van der Waals surface area contributed by atoms with Crippen molar-refractivity contribution >= 4 is 5.69 Å². The Labute approximate surface area is 116 Å². The maximum Gasteiger partial charge on any atom is 0.0841 e. The molecule has 1 heterocycles. The molecule has 0 amide bonds. The fourth-order valence-electron chi connectivity index (χ4n) is 3.52. The smallest absolute Gasteiger partial charge is 0.0841 e. The Morgan fingerprint density at radius 1 is 1.26 bits per heavy atom. The van der Waals surface area contributed by atoms with E-state index in [1.165, 1.54) is 43.5 Å². The van der Waals surface area contributed by atoms with E-state index < -0.39 is 5.60 Å². The minimum atomic E-state index is -0.739. The fraction of sp³-hybridized carbons (Fsp3) is 0.647. The first kappa shape index (κ1) is 13.0. The molecule has 0 unspecified atom stereocenters. The predicted octanol–water partition coefficient (Wildman–Crippen LogP) is 3.47. The number of aliphatic hydroxyl groups is 1. The van der Waals surface area contributed by atoms with E-state index in [0.29, 0.717) is 0 Å². The van der Waals surface area contributed by atoms with Crippen molar-refractivity contribution in [2.45, 2.75) is 51.6 Å². The van der Waals surface area contributed by atoms with Gasteiger partial charge in [-0.1, -0.05) is 25.0 Å². The monoisotopic (exact) mass is 259 g/mol. The van der Waals surface area contributed by atoms with Crippen molar-refractivity contribution in [1.82, 2.24) is 0 Å². The first-order valence-electron chi connectivity index (χ1n) is 7.65. The van der Waals surface area contributed by atoms with Gasteiger partial charge < -0.3 is 10.0 Å². The Balaban J connectivity index is 1.81. The highest BCUT2D eigenvalue weighted by molar-refractivity contribution is 5.60. The van der Waals surface area contributed by atoms with Crippen molar-refractivity contribution in [3.63, 3.8) is 0 Å². The van der Waals surface area contributed by atoms with Crippen molar-refractivity contribution < 1.29 is 5.11 Å². The van der Waals surface area contributed by atoms with Crippen LogP contribution in [-0.4, -0.2) is 18.2 Å². The lowest BCUT2D eigenvalue weighted by molar-refractivity contribution is 0.0786. The largest absolute Gasteiger partial charge is 0.386 e. The number of fused-ring (bicyclic) bond motifs is 1. The zero-order chi connectivity index (χ0) is 13.5. The summed E-state index contributed by atoms with van der Waals surface area (Å²) in [6.07, 6.45) is 6.78. The van der Waals surface area contributed by atoms with Crippen LogP contribution in [0.25, 0.3) is 0 Å². The summed E-state index contributed by atoms with van der Waals surface area (Å²) in [5.41, 5.74) is 3.11. The lowest BCUT2D eigenvalue weighted by Crippen LogP contribution is -2.27. The van der Waals surface area contributed by atoms with Crippen LogP contribution >= 0.6 is 0 Å². The fourth-order valence-corrected chi connectivity index (χ4v) is 3.52. The molecule has 3 rings (SSSR count). The van der Waals surface area contributed by atoms with Crippen LogP contribution in [0.5, 0.6) is 0 Å². The van der Waals surface area contributed by atoms with Crippen LogP contribution in [-0.2, 0) is 12.0 Å². The third kappa shape index (κ3) is 2.64. The summed E-state index contributed by atoms with van der Waals surface area (Å²) in [4.78, 5) is 2.54. The van der Waals surface area contributed by atoms with Gasteiger partial charge in [-0.25, -0.2) is 0 Å². The van der Waals surface area contributed by atoms with Gasteiger partial charge in [0.2, 0.25) is 0 Å². The van der Waals surface area contributed by atoms with E-state index in [-0.39, 0.29) is 0 Å². The van der Waals surface area contributed by atoms with E-state index in [0.717, 1.165) is 24.4 Å². The molecule has 1 saturated carbocycles. The standard InChI is InChI=1S/C17H25NO/c1-17(2,19)15-8-7-14-9-10-18(16(14)11-15)12-13-5-3-4-6-13/h7-8,11,13,19H,3-6,9-10,12H2,1-2H3. The number of hydrogen-bond acceptors (Lipinski definition) is 2.